The molecule has 0 unspecified atom stereocenters. The number of ether oxygens (including phenoxy) is 1. The van der Waals surface area contributed by atoms with Crippen molar-refractivity contribution in [2.24, 2.45) is 4.40 Å². The number of nitrogens with zero attached hydrogens (tertiary/aromatic N) is 1. The van der Waals surface area contributed by atoms with Crippen LogP contribution in [0.1, 0.15) is 5.56 Å². The number of hydrogen-bond acceptors (Lipinski definition) is 3. The Labute approximate surface area is 109 Å². The van der Waals surface area contributed by atoms with Gasteiger partial charge in [0.15, 0.2) is 0 Å². The van der Waals surface area contributed by atoms with Gasteiger partial charge in [-0.3, -0.25) is 0 Å². The van der Waals surface area contributed by atoms with Crippen molar-refractivity contribution >= 4 is 15.9 Å². The number of sulfonamides is 1. The SMILES string of the molecule is O=S1(=O)N=C(c2ccccc2)Oc2ccc(F)cc21. The molecule has 1 aliphatic heterocycles. The molecule has 0 aromatic heterocycles. The molecule has 1 heterocycles. The Kier molecular flexibility index (Phi) is 2.60. The molecule has 0 amide bonds. The van der Waals surface area contributed by atoms with Crippen molar-refractivity contribution in [3.8, 4) is 5.75 Å². The highest BCUT2D eigenvalue weighted by Crippen LogP contribution is 2.31. The maximum Gasteiger partial charge on any atom is 0.289 e. The van der Waals surface area contributed by atoms with Gasteiger partial charge in [-0.25, -0.2) is 4.39 Å². The molecule has 0 radical (unpaired) electrons. The van der Waals surface area contributed by atoms with E-state index in [9.17, 15) is 12.8 Å². The van der Waals surface area contributed by atoms with E-state index in [0.29, 0.717) is 5.56 Å². The lowest BCUT2D eigenvalue weighted by Crippen LogP contribution is -2.19. The smallest absolute Gasteiger partial charge is 0.289 e. The highest BCUT2D eigenvalue weighted by atomic mass is 32.2. The van der Waals surface area contributed by atoms with Crippen molar-refractivity contribution in [3.63, 3.8) is 0 Å². The van der Waals surface area contributed by atoms with Gasteiger partial charge in [0, 0.05) is 5.56 Å². The maximum absolute atomic E-state index is 13.1. The van der Waals surface area contributed by atoms with Gasteiger partial charge in [0.2, 0.25) is 5.90 Å². The second-order valence-corrected chi connectivity index (χ2v) is 5.50. The predicted molar refractivity (Wildman–Crippen MR) is 67.2 cm³/mol. The molecule has 1 aliphatic rings. The van der Waals surface area contributed by atoms with Gasteiger partial charge in [-0.2, -0.15) is 8.42 Å². The molecule has 0 aliphatic carbocycles. The first-order valence-electron chi connectivity index (χ1n) is 5.44. The van der Waals surface area contributed by atoms with Crippen LogP contribution in [0.2, 0.25) is 0 Å². The van der Waals surface area contributed by atoms with Gasteiger partial charge in [-0.15, -0.1) is 4.40 Å². The van der Waals surface area contributed by atoms with Crippen molar-refractivity contribution in [1.29, 1.82) is 0 Å². The van der Waals surface area contributed by atoms with E-state index in [1.165, 1.54) is 6.07 Å². The Morgan fingerprint density at radius 3 is 2.53 bits per heavy atom. The highest BCUT2D eigenvalue weighted by Gasteiger charge is 2.27. The average molecular weight is 277 g/mol. The van der Waals surface area contributed by atoms with Gasteiger partial charge in [-0.05, 0) is 30.3 Å². The van der Waals surface area contributed by atoms with Crippen molar-refractivity contribution < 1.29 is 17.5 Å². The number of benzene rings is 2. The lowest BCUT2D eigenvalue weighted by molar-refractivity contribution is 0.512. The van der Waals surface area contributed by atoms with E-state index in [1.807, 2.05) is 0 Å². The van der Waals surface area contributed by atoms with E-state index in [0.717, 1.165) is 12.1 Å². The molecule has 0 atom stereocenters. The van der Waals surface area contributed by atoms with Gasteiger partial charge in [-0.1, -0.05) is 18.2 Å². The molecule has 4 nitrogen and oxygen atoms in total. The molecule has 2 aromatic carbocycles. The summed E-state index contributed by atoms with van der Waals surface area (Å²) in [7, 11) is -3.94. The Bertz CT molecular complexity index is 770. The first-order chi connectivity index (χ1) is 9.06. The zero-order chi connectivity index (χ0) is 13.5. The monoisotopic (exact) mass is 277 g/mol. The minimum absolute atomic E-state index is 0.0142. The summed E-state index contributed by atoms with van der Waals surface area (Å²) in [4.78, 5) is -0.257. The van der Waals surface area contributed by atoms with E-state index in [1.54, 1.807) is 30.3 Å². The molecular weight excluding hydrogens is 269 g/mol. The van der Waals surface area contributed by atoms with E-state index in [-0.39, 0.29) is 16.5 Å². The van der Waals surface area contributed by atoms with Crippen molar-refractivity contribution in [2.75, 3.05) is 0 Å². The summed E-state index contributed by atoms with van der Waals surface area (Å²) in [6.45, 7) is 0. The molecule has 0 N–H and O–H groups in total. The number of hydrogen-bond donors (Lipinski definition) is 0. The van der Waals surface area contributed by atoms with Gasteiger partial charge in [0.25, 0.3) is 10.0 Å². The molecule has 96 valence electrons. The Balaban J connectivity index is 2.16. The van der Waals surface area contributed by atoms with Gasteiger partial charge < -0.3 is 4.74 Å². The second-order valence-electron chi connectivity index (χ2n) is 3.93. The third-order valence-corrected chi connectivity index (χ3v) is 3.90. The highest BCUT2D eigenvalue weighted by molar-refractivity contribution is 7.90. The summed E-state index contributed by atoms with van der Waals surface area (Å²) in [5.41, 5.74) is 0.543. The minimum atomic E-state index is -3.94. The lowest BCUT2D eigenvalue weighted by Gasteiger charge is -2.16. The van der Waals surface area contributed by atoms with Crippen LogP contribution in [0.25, 0.3) is 0 Å². The van der Waals surface area contributed by atoms with Gasteiger partial charge in [0.05, 0.1) is 0 Å². The van der Waals surface area contributed by atoms with Crippen molar-refractivity contribution in [1.82, 2.24) is 0 Å². The van der Waals surface area contributed by atoms with E-state index in [4.69, 9.17) is 4.74 Å². The zero-order valence-electron chi connectivity index (χ0n) is 9.58. The van der Waals surface area contributed by atoms with Crippen LogP contribution in [-0.4, -0.2) is 14.3 Å². The van der Waals surface area contributed by atoms with Crippen LogP contribution in [0.3, 0.4) is 0 Å². The fourth-order valence-electron chi connectivity index (χ4n) is 1.74. The summed E-state index contributed by atoms with van der Waals surface area (Å²) >= 11 is 0. The summed E-state index contributed by atoms with van der Waals surface area (Å²) in [6.07, 6.45) is 0. The fourth-order valence-corrected chi connectivity index (χ4v) is 2.83. The van der Waals surface area contributed by atoms with Gasteiger partial charge in [0.1, 0.15) is 16.5 Å². The van der Waals surface area contributed by atoms with E-state index in [2.05, 4.69) is 4.40 Å². The summed E-state index contributed by atoms with van der Waals surface area (Å²) < 4.78 is 46.0. The molecule has 3 rings (SSSR count). The van der Waals surface area contributed by atoms with Crippen LogP contribution < -0.4 is 4.74 Å². The standard InChI is InChI=1S/C13H8FNO3S/c14-10-6-7-11-12(8-10)19(16,17)15-13(18-11)9-4-2-1-3-5-9/h1-8H. The molecule has 2 aromatic rings. The van der Waals surface area contributed by atoms with Crippen LogP contribution in [0, 0.1) is 5.82 Å². The molecular formula is C13H8FNO3S. The van der Waals surface area contributed by atoms with Crippen molar-refractivity contribution in [3.05, 3.63) is 59.9 Å². The Morgan fingerprint density at radius 1 is 1.05 bits per heavy atom. The summed E-state index contributed by atoms with van der Waals surface area (Å²) in [6, 6.07) is 12.0. The largest absolute Gasteiger partial charge is 0.436 e. The molecule has 0 saturated heterocycles. The third kappa shape index (κ3) is 2.10. The molecule has 19 heavy (non-hydrogen) atoms. The van der Waals surface area contributed by atoms with Crippen LogP contribution in [-0.2, 0) is 10.0 Å². The predicted octanol–water partition coefficient (Wildman–Crippen LogP) is 2.35. The van der Waals surface area contributed by atoms with Crippen LogP contribution in [0.4, 0.5) is 4.39 Å². The Morgan fingerprint density at radius 2 is 1.79 bits per heavy atom. The molecule has 0 saturated carbocycles. The topological polar surface area (TPSA) is 55.7 Å². The number of rotatable bonds is 1. The van der Waals surface area contributed by atoms with Crippen LogP contribution >= 0.6 is 0 Å². The normalized spacial score (nSPS) is 16.2. The quantitative estimate of drug-likeness (QED) is 0.804. The van der Waals surface area contributed by atoms with E-state index >= 15 is 0 Å². The minimum Gasteiger partial charge on any atom is -0.436 e. The summed E-state index contributed by atoms with van der Waals surface area (Å²) in [5, 5.41) is 0. The third-order valence-electron chi connectivity index (χ3n) is 2.61. The van der Waals surface area contributed by atoms with Crippen LogP contribution in [0.15, 0.2) is 57.8 Å². The van der Waals surface area contributed by atoms with Crippen LogP contribution in [0.5, 0.6) is 5.75 Å². The molecule has 0 bridgehead atoms. The zero-order valence-corrected chi connectivity index (χ0v) is 10.4. The first-order valence-corrected chi connectivity index (χ1v) is 6.88. The number of halogens is 1. The molecule has 6 heteroatoms. The fraction of sp³-hybridized carbons (Fsp3) is 0. The van der Waals surface area contributed by atoms with E-state index < -0.39 is 15.8 Å². The maximum atomic E-state index is 13.1. The average Bonchev–Trinajstić information content (AvgIpc) is 2.40. The second kappa shape index (κ2) is 4.17. The number of fused-ring (bicyclic) bond motifs is 1. The van der Waals surface area contributed by atoms with Crippen molar-refractivity contribution in [2.45, 2.75) is 4.90 Å². The molecule has 0 spiro atoms. The summed E-state index contributed by atoms with van der Waals surface area (Å²) in [5.74, 6) is -0.584. The Hall–Kier alpha value is -2.21. The molecule has 0 fully saturated rings. The van der Waals surface area contributed by atoms with Gasteiger partial charge >= 0.3 is 0 Å². The first kappa shape index (κ1) is 11.9. The lowest BCUT2D eigenvalue weighted by atomic mass is 10.2.